The van der Waals surface area contributed by atoms with Crippen molar-refractivity contribution >= 4 is 11.8 Å². The summed E-state index contributed by atoms with van der Waals surface area (Å²) in [6.45, 7) is 0. The van der Waals surface area contributed by atoms with Crippen LogP contribution < -0.4 is 0 Å². The van der Waals surface area contributed by atoms with Gasteiger partial charge in [-0.3, -0.25) is 0 Å². The maximum absolute atomic E-state index is 12.4. The molecule has 0 saturated carbocycles. The fraction of sp³-hybridized carbons (Fsp3) is 0.250. The SMILES string of the molecule is FC(F)C(F)Sc1ccccc1. The Morgan fingerprint density at radius 2 is 1.58 bits per heavy atom. The minimum absolute atomic E-state index is 0.519. The van der Waals surface area contributed by atoms with Gasteiger partial charge in [-0.15, -0.1) is 0 Å². The second kappa shape index (κ2) is 4.40. The molecule has 12 heavy (non-hydrogen) atoms. The number of benzene rings is 1. The highest BCUT2D eigenvalue weighted by Gasteiger charge is 2.19. The summed E-state index contributed by atoms with van der Waals surface area (Å²) in [5.41, 5.74) is -2.13. The average Bonchev–Trinajstić information content (AvgIpc) is 2.06. The molecule has 0 saturated heterocycles. The highest BCUT2D eigenvalue weighted by molar-refractivity contribution is 7.99. The van der Waals surface area contributed by atoms with Gasteiger partial charge >= 0.3 is 0 Å². The summed E-state index contributed by atoms with van der Waals surface area (Å²) in [6, 6.07) is 8.31. The molecule has 0 aliphatic rings. The summed E-state index contributed by atoms with van der Waals surface area (Å²) in [6.07, 6.45) is -2.92. The lowest BCUT2D eigenvalue weighted by Crippen LogP contribution is -2.06. The number of hydrogen-bond acceptors (Lipinski definition) is 1. The van der Waals surface area contributed by atoms with Gasteiger partial charge in [-0.1, -0.05) is 30.0 Å². The molecule has 0 heterocycles. The molecule has 0 aromatic heterocycles. The molecule has 0 amide bonds. The molecule has 1 rings (SSSR count). The van der Waals surface area contributed by atoms with Crippen LogP contribution in [0.15, 0.2) is 35.2 Å². The Labute approximate surface area is 72.8 Å². The van der Waals surface area contributed by atoms with Crippen molar-refractivity contribution in [3.8, 4) is 0 Å². The van der Waals surface area contributed by atoms with Crippen LogP contribution in [0.3, 0.4) is 0 Å². The van der Waals surface area contributed by atoms with Crippen molar-refractivity contribution in [3.63, 3.8) is 0 Å². The lowest BCUT2D eigenvalue weighted by atomic mass is 10.4. The van der Waals surface area contributed by atoms with Gasteiger partial charge in [0.2, 0.25) is 5.50 Å². The van der Waals surface area contributed by atoms with E-state index in [1.54, 1.807) is 30.3 Å². The summed E-state index contributed by atoms with van der Waals surface area (Å²) in [7, 11) is 0. The van der Waals surface area contributed by atoms with Gasteiger partial charge in [0, 0.05) is 4.90 Å². The predicted octanol–water partition coefficient (Wildman–Crippen LogP) is 3.34. The zero-order chi connectivity index (χ0) is 8.97. The highest BCUT2D eigenvalue weighted by Crippen LogP contribution is 2.27. The maximum atomic E-state index is 12.4. The van der Waals surface area contributed by atoms with Crippen molar-refractivity contribution in [2.75, 3.05) is 0 Å². The first-order chi connectivity index (χ1) is 5.70. The number of hydrogen-bond donors (Lipinski definition) is 0. The molecule has 0 aliphatic heterocycles. The van der Waals surface area contributed by atoms with Crippen LogP contribution in [-0.2, 0) is 0 Å². The van der Waals surface area contributed by atoms with Crippen molar-refractivity contribution < 1.29 is 13.2 Å². The Hall–Kier alpha value is -0.640. The van der Waals surface area contributed by atoms with E-state index >= 15 is 0 Å². The van der Waals surface area contributed by atoms with Gasteiger partial charge in [-0.25, -0.2) is 13.2 Å². The summed E-state index contributed by atoms with van der Waals surface area (Å²) in [4.78, 5) is 0.519. The average molecular weight is 192 g/mol. The Morgan fingerprint density at radius 1 is 1.00 bits per heavy atom. The summed E-state index contributed by atoms with van der Waals surface area (Å²) in [5, 5.41) is 0. The Morgan fingerprint density at radius 3 is 2.08 bits per heavy atom. The third-order valence-electron chi connectivity index (χ3n) is 1.19. The second-order valence-corrected chi connectivity index (χ2v) is 3.27. The van der Waals surface area contributed by atoms with E-state index in [1.165, 1.54) is 0 Å². The fourth-order valence-corrected chi connectivity index (χ4v) is 1.36. The van der Waals surface area contributed by atoms with Crippen LogP contribution in [0.5, 0.6) is 0 Å². The van der Waals surface area contributed by atoms with Crippen LogP contribution in [0.1, 0.15) is 0 Å². The van der Waals surface area contributed by atoms with Gasteiger partial charge < -0.3 is 0 Å². The van der Waals surface area contributed by atoms with Crippen molar-refractivity contribution in [1.82, 2.24) is 0 Å². The number of halogens is 3. The van der Waals surface area contributed by atoms with Crippen LogP contribution >= 0.6 is 11.8 Å². The zero-order valence-electron chi connectivity index (χ0n) is 6.08. The van der Waals surface area contributed by atoms with Crippen molar-refractivity contribution in [2.24, 2.45) is 0 Å². The Kier molecular flexibility index (Phi) is 3.47. The third-order valence-corrected chi connectivity index (χ3v) is 2.17. The van der Waals surface area contributed by atoms with E-state index in [1.807, 2.05) is 0 Å². The molecule has 66 valence electrons. The van der Waals surface area contributed by atoms with Gasteiger partial charge in [0.25, 0.3) is 6.43 Å². The van der Waals surface area contributed by atoms with Crippen molar-refractivity contribution in [2.45, 2.75) is 16.8 Å². The van der Waals surface area contributed by atoms with Gasteiger partial charge in [0.15, 0.2) is 0 Å². The van der Waals surface area contributed by atoms with E-state index in [0.29, 0.717) is 16.7 Å². The first-order valence-corrected chi connectivity index (χ1v) is 4.22. The van der Waals surface area contributed by atoms with Crippen LogP contribution in [-0.4, -0.2) is 11.9 Å². The number of rotatable bonds is 3. The van der Waals surface area contributed by atoms with Crippen molar-refractivity contribution in [1.29, 1.82) is 0 Å². The molecule has 0 nitrogen and oxygen atoms in total. The number of thioether (sulfide) groups is 1. The quantitative estimate of drug-likeness (QED) is 0.662. The van der Waals surface area contributed by atoms with E-state index in [2.05, 4.69) is 0 Å². The van der Waals surface area contributed by atoms with Crippen LogP contribution in [0.25, 0.3) is 0 Å². The standard InChI is InChI=1S/C8H7F3S/c9-7(10)8(11)12-6-4-2-1-3-5-6/h1-5,7-8H. The molecule has 1 aromatic carbocycles. The molecule has 0 N–H and O–H groups in total. The third kappa shape index (κ3) is 2.77. The van der Waals surface area contributed by atoms with Gasteiger partial charge in [0.1, 0.15) is 0 Å². The van der Waals surface area contributed by atoms with Gasteiger partial charge in [0.05, 0.1) is 0 Å². The molecule has 0 aliphatic carbocycles. The number of alkyl halides is 3. The molecular formula is C8H7F3S. The lowest BCUT2D eigenvalue weighted by Gasteiger charge is -2.05. The van der Waals surface area contributed by atoms with E-state index in [-0.39, 0.29) is 0 Å². The van der Waals surface area contributed by atoms with Crippen molar-refractivity contribution in [3.05, 3.63) is 30.3 Å². The molecule has 0 bridgehead atoms. The summed E-state index contributed by atoms with van der Waals surface area (Å²) < 4.78 is 35.9. The first kappa shape index (κ1) is 9.45. The first-order valence-electron chi connectivity index (χ1n) is 3.34. The van der Waals surface area contributed by atoms with E-state index in [0.717, 1.165) is 0 Å². The lowest BCUT2D eigenvalue weighted by molar-refractivity contribution is 0.0953. The van der Waals surface area contributed by atoms with E-state index < -0.39 is 11.9 Å². The second-order valence-electron chi connectivity index (χ2n) is 2.12. The smallest absolute Gasteiger partial charge is 0.229 e. The molecule has 0 spiro atoms. The molecule has 0 fully saturated rings. The maximum Gasteiger partial charge on any atom is 0.278 e. The van der Waals surface area contributed by atoms with E-state index in [4.69, 9.17) is 0 Å². The van der Waals surface area contributed by atoms with Crippen LogP contribution in [0, 0.1) is 0 Å². The van der Waals surface area contributed by atoms with Gasteiger partial charge in [-0.05, 0) is 12.1 Å². The Bertz CT molecular complexity index is 225. The van der Waals surface area contributed by atoms with Crippen LogP contribution in [0.4, 0.5) is 13.2 Å². The molecule has 1 unspecified atom stereocenters. The molecule has 1 atom stereocenters. The van der Waals surface area contributed by atoms with E-state index in [9.17, 15) is 13.2 Å². The minimum Gasteiger partial charge on any atom is -0.229 e. The van der Waals surface area contributed by atoms with Gasteiger partial charge in [-0.2, -0.15) is 0 Å². The summed E-state index contributed by atoms with van der Waals surface area (Å²) >= 11 is 0.535. The fourth-order valence-electron chi connectivity index (χ4n) is 0.680. The summed E-state index contributed by atoms with van der Waals surface area (Å²) in [5.74, 6) is 0. The molecule has 4 heteroatoms. The normalized spacial score (nSPS) is 13.3. The monoisotopic (exact) mass is 192 g/mol. The Balaban J connectivity index is 2.53. The topological polar surface area (TPSA) is 0 Å². The predicted molar refractivity (Wildman–Crippen MR) is 43.2 cm³/mol. The zero-order valence-corrected chi connectivity index (χ0v) is 6.90. The molecule has 0 radical (unpaired) electrons. The minimum atomic E-state index is -2.92. The molecular weight excluding hydrogens is 185 g/mol. The molecule has 1 aromatic rings. The highest BCUT2D eigenvalue weighted by atomic mass is 32.2. The van der Waals surface area contributed by atoms with Crippen LogP contribution in [0.2, 0.25) is 0 Å². The largest absolute Gasteiger partial charge is 0.278 e.